The van der Waals surface area contributed by atoms with Crippen LogP contribution in [0.2, 0.25) is 0 Å². The van der Waals surface area contributed by atoms with Gasteiger partial charge in [-0.25, -0.2) is 0 Å². The zero-order valence-electron chi connectivity index (χ0n) is 7.23. The first-order chi connectivity index (χ1) is 5.77. The highest BCUT2D eigenvalue weighted by Crippen LogP contribution is 2.51. The maximum atomic E-state index is 11.1. The maximum absolute atomic E-state index is 11.1. The van der Waals surface area contributed by atoms with Crippen LogP contribution in [0.25, 0.3) is 0 Å². The van der Waals surface area contributed by atoms with E-state index < -0.39 is 0 Å². The number of rotatable bonds is 0. The molecule has 0 spiro atoms. The Labute approximate surface area is 72.2 Å². The molecule has 0 unspecified atom stereocenters. The summed E-state index contributed by atoms with van der Waals surface area (Å²) >= 11 is 0. The summed E-state index contributed by atoms with van der Waals surface area (Å²) in [4.78, 5) is 13.2. The molecule has 4 atom stereocenters. The summed E-state index contributed by atoms with van der Waals surface area (Å²) in [7, 11) is 0. The lowest BCUT2D eigenvalue weighted by Crippen LogP contribution is -2.59. The first kappa shape index (κ1) is 6.70. The molecule has 2 heteroatoms. The SMILES string of the molecule is CC(=O)N1C[C@@H]2[C@H]1[C@@H]1C=C[C@H]2C1. The van der Waals surface area contributed by atoms with Crippen LogP contribution in [0.15, 0.2) is 12.2 Å². The molecule has 2 aliphatic carbocycles. The fourth-order valence-electron chi connectivity index (χ4n) is 3.15. The van der Waals surface area contributed by atoms with Crippen LogP contribution in [0.1, 0.15) is 13.3 Å². The summed E-state index contributed by atoms with van der Waals surface area (Å²) in [5.74, 6) is 2.56. The second kappa shape index (κ2) is 1.93. The van der Waals surface area contributed by atoms with Crippen molar-refractivity contribution in [3.05, 3.63) is 12.2 Å². The van der Waals surface area contributed by atoms with Crippen molar-refractivity contribution >= 4 is 5.91 Å². The minimum absolute atomic E-state index is 0.261. The summed E-state index contributed by atoms with van der Waals surface area (Å²) < 4.78 is 0. The molecule has 1 aliphatic heterocycles. The average Bonchev–Trinajstić information content (AvgIpc) is 2.40. The molecule has 0 aromatic carbocycles. The van der Waals surface area contributed by atoms with Gasteiger partial charge < -0.3 is 4.90 Å². The summed E-state index contributed by atoms with van der Waals surface area (Å²) in [5, 5.41) is 0. The zero-order valence-corrected chi connectivity index (χ0v) is 7.23. The molecule has 3 rings (SSSR count). The lowest BCUT2D eigenvalue weighted by Gasteiger charge is -2.48. The number of nitrogens with zero attached hydrogens (tertiary/aromatic N) is 1. The van der Waals surface area contributed by atoms with Gasteiger partial charge in [0.05, 0.1) is 0 Å². The van der Waals surface area contributed by atoms with Crippen LogP contribution in [0.4, 0.5) is 0 Å². The summed E-state index contributed by atoms with van der Waals surface area (Å²) in [6, 6.07) is 0.581. The molecular formula is C10H13NO. The number of amides is 1. The Morgan fingerprint density at radius 2 is 2.17 bits per heavy atom. The first-order valence-electron chi connectivity index (χ1n) is 4.73. The van der Waals surface area contributed by atoms with Gasteiger partial charge in [0.2, 0.25) is 5.91 Å². The average molecular weight is 163 g/mol. The summed E-state index contributed by atoms with van der Waals surface area (Å²) in [5.41, 5.74) is 0. The normalized spacial score (nSPS) is 47.6. The molecule has 0 N–H and O–H groups in total. The van der Waals surface area contributed by atoms with Gasteiger partial charge in [0.1, 0.15) is 0 Å². The van der Waals surface area contributed by atoms with Crippen LogP contribution in [0.3, 0.4) is 0 Å². The van der Waals surface area contributed by atoms with E-state index in [1.54, 1.807) is 6.92 Å². The number of likely N-dealkylation sites (tertiary alicyclic amines) is 1. The van der Waals surface area contributed by atoms with Gasteiger partial charge in [-0.3, -0.25) is 4.79 Å². The first-order valence-corrected chi connectivity index (χ1v) is 4.73. The minimum atomic E-state index is 0.261. The fourth-order valence-corrected chi connectivity index (χ4v) is 3.15. The molecule has 0 aromatic heterocycles. The lowest BCUT2D eigenvalue weighted by molar-refractivity contribution is -0.141. The lowest BCUT2D eigenvalue weighted by atomic mass is 9.80. The van der Waals surface area contributed by atoms with Crippen LogP contribution in [-0.4, -0.2) is 23.4 Å². The maximum Gasteiger partial charge on any atom is 0.219 e. The number of fused-ring (bicyclic) bond motifs is 5. The fraction of sp³-hybridized carbons (Fsp3) is 0.700. The molecular weight excluding hydrogens is 150 g/mol. The smallest absolute Gasteiger partial charge is 0.219 e. The molecule has 1 saturated carbocycles. The quantitative estimate of drug-likeness (QED) is 0.489. The van der Waals surface area contributed by atoms with Crippen molar-refractivity contribution in [1.82, 2.24) is 4.90 Å². The number of carbonyl (C=O) groups excluding carboxylic acids is 1. The van der Waals surface area contributed by atoms with Crippen molar-refractivity contribution in [3.63, 3.8) is 0 Å². The predicted octanol–water partition coefficient (Wildman–Crippen LogP) is 1.04. The van der Waals surface area contributed by atoms with E-state index in [4.69, 9.17) is 0 Å². The van der Waals surface area contributed by atoms with Crippen molar-refractivity contribution in [1.29, 1.82) is 0 Å². The van der Waals surface area contributed by atoms with E-state index in [1.807, 2.05) is 4.90 Å². The Kier molecular flexibility index (Phi) is 1.07. The number of allylic oxidation sites excluding steroid dienone is 1. The molecule has 2 nitrogen and oxygen atoms in total. The molecule has 64 valence electrons. The highest BCUT2D eigenvalue weighted by molar-refractivity contribution is 5.75. The van der Waals surface area contributed by atoms with E-state index >= 15 is 0 Å². The van der Waals surface area contributed by atoms with E-state index in [0.29, 0.717) is 12.0 Å². The molecule has 1 saturated heterocycles. The third kappa shape index (κ3) is 0.598. The third-order valence-electron chi connectivity index (χ3n) is 3.75. The second-order valence-electron chi connectivity index (χ2n) is 4.27. The van der Waals surface area contributed by atoms with E-state index in [1.165, 1.54) is 6.42 Å². The van der Waals surface area contributed by atoms with Gasteiger partial charge in [-0.1, -0.05) is 12.2 Å². The van der Waals surface area contributed by atoms with Crippen molar-refractivity contribution in [2.75, 3.05) is 6.54 Å². The van der Waals surface area contributed by atoms with Gasteiger partial charge in [0.15, 0.2) is 0 Å². The highest BCUT2D eigenvalue weighted by atomic mass is 16.2. The monoisotopic (exact) mass is 163 g/mol. The molecule has 1 amide bonds. The van der Waals surface area contributed by atoms with E-state index in [0.717, 1.165) is 18.4 Å². The van der Waals surface area contributed by atoms with E-state index in [9.17, 15) is 4.79 Å². The molecule has 2 bridgehead atoms. The summed E-state index contributed by atoms with van der Waals surface area (Å²) in [6.45, 7) is 2.71. The molecule has 0 aromatic rings. The Morgan fingerprint density at radius 3 is 2.83 bits per heavy atom. The van der Waals surface area contributed by atoms with Crippen LogP contribution in [-0.2, 0) is 4.79 Å². The van der Waals surface area contributed by atoms with Gasteiger partial charge in [-0.2, -0.15) is 0 Å². The predicted molar refractivity (Wildman–Crippen MR) is 45.4 cm³/mol. The number of hydrogen-bond acceptors (Lipinski definition) is 1. The van der Waals surface area contributed by atoms with Crippen LogP contribution in [0, 0.1) is 17.8 Å². The Morgan fingerprint density at radius 1 is 1.42 bits per heavy atom. The largest absolute Gasteiger partial charge is 0.339 e. The van der Waals surface area contributed by atoms with Crippen molar-refractivity contribution in [3.8, 4) is 0 Å². The van der Waals surface area contributed by atoms with Crippen LogP contribution in [0.5, 0.6) is 0 Å². The van der Waals surface area contributed by atoms with Crippen LogP contribution < -0.4 is 0 Å². The van der Waals surface area contributed by atoms with E-state index in [-0.39, 0.29) is 5.91 Å². The highest BCUT2D eigenvalue weighted by Gasteiger charge is 2.54. The van der Waals surface area contributed by atoms with Crippen molar-refractivity contribution in [2.24, 2.45) is 17.8 Å². The third-order valence-corrected chi connectivity index (χ3v) is 3.75. The van der Waals surface area contributed by atoms with Crippen molar-refractivity contribution < 1.29 is 4.79 Å². The standard InChI is InChI=1S/C10H13NO/c1-6(12)11-5-9-7-2-3-8(4-7)10(9)11/h2-3,7-10H,4-5H2,1H3/t7-,8+,9-,10+/m0/s1. The van der Waals surface area contributed by atoms with Gasteiger partial charge in [-0.15, -0.1) is 0 Å². The molecule has 1 heterocycles. The van der Waals surface area contributed by atoms with Gasteiger partial charge >= 0.3 is 0 Å². The molecule has 12 heavy (non-hydrogen) atoms. The zero-order chi connectivity index (χ0) is 8.29. The topological polar surface area (TPSA) is 20.3 Å². The molecule has 2 fully saturated rings. The van der Waals surface area contributed by atoms with Gasteiger partial charge in [0.25, 0.3) is 0 Å². The second-order valence-corrected chi connectivity index (χ2v) is 4.27. The Hall–Kier alpha value is -0.790. The minimum Gasteiger partial charge on any atom is -0.339 e. The Balaban J connectivity index is 1.87. The Bertz CT molecular complexity index is 271. The van der Waals surface area contributed by atoms with Gasteiger partial charge in [-0.05, 0) is 18.3 Å². The van der Waals surface area contributed by atoms with E-state index in [2.05, 4.69) is 12.2 Å². The number of carbonyl (C=O) groups is 1. The molecule has 3 aliphatic rings. The van der Waals surface area contributed by atoms with Gasteiger partial charge in [0, 0.05) is 25.4 Å². The number of hydrogen-bond donors (Lipinski definition) is 0. The summed E-state index contributed by atoms with van der Waals surface area (Å²) in [6.07, 6.45) is 5.96. The van der Waals surface area contributed by atoms with Crippen LogP contribution >= 0.6 is 0 Å². The van der Waals surface area contributed by atoms with Crippen molar-refractivity contribution in [2.45, 2.75) is 19.4 Å². The molecule has 0 radical (unpaired) electrons.